The van der Waals surface area contributed by atoms with E-state index in [1.54, 1.807) is 18.4 Å². The number of hydrogen-bond acceptors (Lipinski definition) is 4. The molecular formula is C18H21N3OS. The second kappa shape index (κ2) is 7.06. The lowest BCUT2D eigenvalue weighted by Crippen LogP contribution is -2.04. The van der Waals surface area contributed by atoms with Crippen LogP contribution < -0.4 is 0 Å². The maximum Gasteiger partial charge on any atom is 0.125 e. The minimum atomic E-state index is 0.772. The summed E-state index contributed by atoms with van der Waals surface area (Å²) in [5.74, 6) is 0. The van der Waals surface area contributed by atoms with Crippen LogP contribution in [0.1, 0.15) is 17.8 Å². The van der Waals surface area contributed by atoms with Crippen molar-refractivity contribution in [2.24, 2.45) is 0 Å². The van der Waals surface area contributed by atoms with Gasteiger partial charge in [-0.3, -0.25) is 4.98 Å². The summed E-state index contributed by atoms with van der Waals surface area (Å²) in [4.78, 5) is 9.17. The fourth-order valence-corrected chi connectivity index (χ4v) is 3.38. The van der Waals surface area contributed by atoms with Gasteiger partial charge >= 0.3 is 0 Å². The predicted octanol–water partition coefficient (Wildman–Crippen LogP) is 4.33. The normalized spacial score (nSPS) is 11.1. The summed E-state index contributed by atoms with van der Waals surface area (Å²) >= 11 is 1.66. The number of aromatic nitrogens is 3. The van der Waals surface area contributed by atoms with Crippen LogP contribution in [0.3, 0.4) is 0 Å². The van der Waals surface area contributed by atoms with Crippen LogP contribution in [0, 0.1) is 13.8 Å². The monoisotopic (exact) mass is 327 g/mol. The first-order valence-electron chi connectivity index (χ1n) is 7.73. The van der Waals surface area contributed by atoms with E-state index in [4.69, 9.17) is 9.72 Å². The van der Waals surface area contributed by atoms with E-state index in [2.05, 4.69) is 40.1 Å². The Labute approximate surface area is 140 Å². The van der Waals surface area contributed by atoms with E-state index in [0.29, 0.717) is 0 Å². The molecule has 0 aromatic carbocycles. The Balaban J connectivity index is 1.87. The van der Waals surface area contributed by atoms with Gasteiger partial charge in [0.1, 0.15) is 5.01 Å². The maximum absolute atomic E-state index is 5.16. The fraction of sp³-hybridized carbons (Fsp3) is 0.333. The van der Waals surface area contributed by atoms with Gasteiger partial charge in [0.25, 0.3) is 0 Å². The Morgan fingerprint density at radius 2 is 2.04 bits per heavy atom. The second-order valence-corrected chi connectivity index (χ2v) is 6.44. The molecule has 0 amide bonds. The Hall–Kier alpha value is -1.98. The first-order valence-corrected chi connectivity index (χ1v) is 8.61. The average Bonchev–Trinajstić information content (AvgIpc) is 3.16. The molecule has 0 saturated heterocycles. The van der Waals surface area contributed by atoms with Gasteiger partial charge in [0.15, 0.2) is 0 Å². The first-order chi connectivity index (χ1) is 11.2. The van der Waals surface area contributed by atoms with E-state index in [9.17, 15) is 0 Å². The summed E-state index contributed by atoms with van der Waals surface area (Å²) in [7, 11) is 1.74. The number of methoxy groups -OCH3 is 1. The molecule has 0 aliphatic rings. The minimum Gasteiger partial charge on any atom is -0.385 e. The van der Waals surface area contributed by atoms with Crippen molar-refractivity contribution in [3.63, 3.8) is 0 Å². The molecule has 0 unspecified atom stereocenters. The number of thiazole rings is 1. The molecule has 0 N–H and O–H groups in total. The summed E-state index contributed by atoms with van der Waals surface area (Å²) in [5, 5.41) is 3.13. The van der Waals surface area contributed by atoms with Crippen LogP contribution in [0.25, 0.3) is 22.0 Å². The number of ether oxygens (including phenoxy) is 1. The molecule has 0 bridgehead atoms. The summed E-state index contributed by atoms with van der Waals surface area (Å²) < 4.78 is 7.47. The third-order valence-electron chi connectivity index (χ3n) is 3.85. The number of aryl methyl sites for hydroxylation is 2. The molecule has 120 valence electrons. The van der Waals surface area contributed by atoms with Crippen molar-refractivity contribution in [2.45, 2.75) is 26.8 Å². The highest BCUT2D eigenvalue weighted by Crippen LogP contribution is 2.29. The smallest absolute Gasteiger partial charge is 0.125 e. The number of rotatable bonds is 6. The Morgan fingerprint density at radius 1 is 1.17 bits per heavy atom. The van der Waals surface area contributed by atoms with E-state index in [1.807, 2.05) is 19.2 Å². The van der Waals surface area contributed by atoms with Crippen molar-refractivity contribution in [1.82, 2.24) is 14.5 Å². The minimum absolute atomic E-state index is 0.772. The zero-order valence-electron chi connectivity index (χ0n) is 13.7. The summed E-state index contributed by atoms with van der Waals surface area (Å²) in [6, 6.07) is 8.39. The van der Waals surface area contributed by atoms with Crippen LogP contribution in [-0.4, -0.2) is 28.3 Å². The lowest BCUT2D eigenvalue weighted by Gasteiger charge is -2.10. The van der Waals surface area contributed by atoms with Crippen LogP contribution in [0.15, 0.2) is 35.8 Å². The lowest BCUT2D eigenvalue weighted by molar-refractivity contribution is 0.190. The average molecular weight is 327 g/mol. The van der Waals surface area contributed by atoms with Crippen molar-refractivity contribution in [1.29, 1.82) is 0 Å². The molecule has 3 aromatic rings. The largest absolute Gasteiger partial charge is 0.385 e. The van der Waals surface area contributed by atoms with Gasteiger partial charge in [0.2, 0.25) is 0 Å². The molecule has 0 saturated carbocycles. The topological polar surface area (TPSA) is 39.9 Å². The highest BCUT2D eigenvalue weighted by atomic mass is 32.1. The van der Waals surface area contributed by atoms with E-state index in [1.165, 1.54) is 11.4 Å². The number of nitrogens with zero attached hydrogens (tertiary/aromatic N) is 3. The number of pyridine rings is 1. The van der Waals surface area contributed by atoms with Gasteiger partial charge in [0.05, 0.1) is 11.4 Å². The Bertz CT molecular complexity index is 774. The molecule has 0 spiro atoms. The van der Waals surface area contributed by atoms with Gasteiger partial charge in [0, 0.05) is 48.8 Å². The first kappa shape index (κ1) is 15.9. The quantitative estimate of drug-likeness (QED) is 0.633. The van der Waals surface area contributed by atoms with Crippen molar-refractivity contribution in [2.75, 3.05) is 13.7 Å². The highest BCUT2D eigenvalue weighted by Gasteiger charge is 2.12. The zero-order chi connectivity index (χ0) is 16.2. The van der Waals surface area contributed by atoms with Crippen LogP contribution >= 0.6 is 11.3 Å². The Morgan fingerprint density at radius 3 is 2.78 bits per heavy atom. The molecule has 3 rings (SSSR count). The van der Waals surface area contributed by atoms with E-state index in [0.717, 1.165) is 41.5 Å². The van der Waals surface area contributed by atoms with Crippen molar-refractivity contribution < 1.29 is 4.74 Å². The molecule has 3 aromatic heterocycles. The molecule has 4 nitrogen and oxygen atoms in total. The van der Waals surface area contributed by atoms with Crippen LogP contribution in [-0.2, 0) is 11.3 Å². The lowest BCUT2D eigenvalue weighted by atomic mass is 10.2. The van der Waals surface area contributed by atoms with Crippen LogP contribution in [0.4, 0.5) is 0 Å². The number of hydrogen-bond donors (Lipinski definition) is 0. The molecule has 0 atom stereocenters. The van der Waals surface area contributed by atoms with Gasteiger partial charge in [-0.15, -0.1) is 11.3 Å². The third-order valence-corrected chi connectivity index (χ3v) is 4.75. The summed E-state index contributed by atoms with van der Waals surface area (Å²) in [6.45, 7) is 5.84. The molecule has 23 heavy (non-hydrogen) atoms. The van der Waals surface area contributed by atoms with E-state index < -0.39 is 0 Å². The predicted molar refractivity (Wildman–Crippen MR) is 94.7 cm³/mol. The van der Waals surface area contributed by atoms with Gasteiger partial charge in [-0.25, -0.2) is 4.98 Å². The fourth-order valence-electron chi connectivity index (χ4n) is 2.58. The van der Waals surface area contributed by atoms with Crippen LogP contribution in [0.5, 0.6) is 0 Å². The SMILES string of the molecule is COCCCn1c(C)ccc1-c1csc(-c2ccc(C)nc2)n1. The summed E-state index contributed by atoms with van der Waals surface area (Å²) in [6.07, 6.45) is 2.89. The molecule has 5 heteroatoms. The second-order valence-electron chi connectivity index (χ2n) is 5.58. The van der Waals surface area contributed by atoms with Gasteiger partial charge < -0.3 is 9.30 Å². The summed E-state index contributed by atoms with van der Waals surface area (Å²) in [5.41, 5.74) is 5.54. The van der Waals surface area contributed by atoms with E-state index in [-0.39, 0.29) is 0 Å². The standard InChI is InChI=1S/C18H21N3OS/c1-13-5-7-15(11-19-13)18-20-16(12-23-18)17-8-6-14(2)21(17)9-4-10-22-3/h5-8,11-12H,4,9-10H2,1-3H3. The van der Waals surface area contributed by atoms with Gasteiger partial charge in [-0.05, 0) is 44.5 Å². The maximum atomic E-state index is 5.16. The van der Waals surface area contributed by atoms with E-state index >= 15 is 0 Å². The van der Waals surface area contributed by atoms with Gasteiger partial charge in [-0.2, -0.15) is 0 Å². The van der Waals surface area contributed by atoms with Crippen molar-refractivity contribution in [3.05, 3.63) is 47.2 Å². The van der Waals surface area contributed by atoms with Crippen molar-refractivity contribution >= 4 is 11.3 Å². The molecule has 3 heterocycles. The molecule has 0 aliphatic heterocycles. The van der Waals surface area contributed by atoms with Crippen LogP contribution in [0.2, 0.25) is 0 Å². The van der Waals surface area contributed by atoms with Gasteiger partial charge in [-0.1, -0.05) is 0 Å². The molecule has 0 fully saturated rings. The molecule has 0 aliphatic carbocycles. The highest BCUT2D eigenvalue weighted by molar-refractivity contribution is 7.13. The van der Waals surface area contributed by atoms with Crippen molar-refractivity contribution in [3.8, 4) is 22.0 Å². The molecule has 0 radical (unpaired) electrons. The third kappa shape index (κ3) is 3.51. The Kier molecular flexibility index (Phi) is 4.88. The zero-order valence-corrected chi connectivity index (χ0v) is 14.6. The molecular weight excluding hydrogens is 306 g/mol.